The molecule has 0 aromatic heterocycles. The second kappa shape index (κ2) is 7.74. The summed E-state index contributed by atoms with van der Waals surface area (Å²) in [7, 11) is 0. The van der Waals surface area contributed by atoms with Crippen LogP contribution in [0.5, 0.6) is 0 Å². The SMILES string of the molecule is CC(C)NCCOC1CCN(C(=O)C(C)C)CC1. The number of carbonyl (C=O) groups is 1. The van der Waals surface area contributed by atoms with Crippen molar-refractivity contribution in [3.63, 3.8) is 0 Å². The number of amides is 1. The number of ether oxygens (including phenoxy) is 1. The molecule has 1 amide bonds. The van der Waals surface area contributed by atoms with Gasteiger partial charge >= 0.3 is 0 Å². The van der Waals surface area contributed by atoms with Gasteiger partial charge in [-0.05, 0) is 12.8 Å². The third-order valence-electron chi connectivity index (χ3n) is 3.26. The van der Waals surface area contributed by atoms with Gasteiger partial charge in [0, 0.05) is 31.6 Å². The molecule has 4 nitrogen and oxygen atoms in total. The quantitative estimate of drug-likeness (QED) is 0.735. The van der Waals surface area contributed by atoms with Crippen LogP contribution in [0.4, 0.5) is 0 Å². The molecule has 0 saturated carbocycles. The third kappa shape index (κ3) is 5.36. The maximum Gasteiger partial charge on any atom is 0.225 e. The Hall–Kier alpha value is -0.610. The highest BCUT2D eigenvalue weighted by Gasteiger charge is 2.24. The van der Waals surface area contributed by atoms with Crippen LogP contribution < -0.4 is 5.32 Å². The fraction of sp³-hybridized carbons (Fsp3) is 0.929. The number of carbonyl (C=O) groups excluding carboxylic acids is 1. The Balaban J connectivity index is 2.14. The van der Waals surface area contributed by atoms with Crippen molar-refractivity contribution in [1.29, 1.82) is 0 Å². The molecule has 0 unspecified atom stereocenters. The second-order valence-electron chi connectivity index (χ2n) is 5.66. The first-order valence-electron chi connectivity index (χ1n) is 7.14. The molecule has 0 atom stereocenters. The summed E-state index contributed by atoms with van der Waals surface area (Å²) in [6.45, 7) is 11.6. The summed E-state index contributed by atoms with van der Waals surface area (Å²) in [5.41, 5.74) is 0. The van der Waals surface area contributed by atoms with E-state index in [4.69, 9.17) is 4.74 Å². The Labute approximate surface area is 111 Å². The van der Waals surface area contributed by atoms with Crippen LogP contribution in [-0.4, -0.2) is 49.2 Å². The summed E-state index contributed by atoms with van der Waals surface area (Å²) < 4.78 is 5.82. The first kappa shape index (κ1) is 15.4. The molecule has 18 heavy (non-hydrogen) atoms. The zero-order valence-corrected chi connectivity index (χ0v) is 12.2. The van der Waals surface area contributed by atoms with Crippen LogP contribution in [-0.2, 0) is 9.53 Å². The Morgan fingerprint density at radius 1 is 1.28 bits per heavy atom. The molecule has 1 rings (SSSR count). The monoisotopic (exact) mass is 256 g/mol. The van der Waals surface area contributed by atoms with Gasteiger partial charge in [0.1, 0.15) is 0 Å². The van der Waals surface area contributed by atoms with Crippen LogP contribution in [0.1, 0.15) is 40.5 Å². The molecule has 0 radical (unpaired) electrons. The molecule has 0 spiro atoms. The molecule has 1 saturated heterocycles. The Morgan fingerprint density at radius 3 is 2.39 bits per heavy atom. The minimum atomic E-state index is 0.109. The molecule has 0 aliphatic carbocycles. The van der Waals surface area contributed by atoms with Gasteiger partial charge in [0.15, 0.2) is 0 Å². The predicted octanol–water partition coefficient (Wildman–Crippen LogP) is 1.65. The van der Waals surface area contributed by atoms with Crippen LogP contribution in [0.15, 0.2) is 0 Å². The van der Waals surface area contributed by atoms with E-state index in [2.05, 4.69) is 19.2 Å². The number of hydrogen-bond acceptors (Lipinski definition) is 3. The average Bonchev–Trinajstić information content (AvgIpc) is 2.34. The fourth-order valence-electron chi connectivity index (χ4n) is 2.18. The van der Waals surface area contributed by atoms with Crippen molar-refractivity contribution in [2.24, 2.45) is 5.92 Å². The highest BCUT2D eigenvalue weighted by molar-refractivity contribution is 5.78. The van der Waals surface area contributed by atoms with Crippen LogP contribution in [0.2, 0.25) is 0 Å². The summed E-state index contributed by atoms with van der Waals surface area (Å²) in [5, 5.41) is 3.34. The van der Waals surface area contributed by atoms with Crippen molar-refractivity contribution in [3.8, 4) is 0 Å². The van der Waals surface area contributed by atoms with Crippen LogP contribution in [0.25, 0.3) is 0 Å². The van der Waals surface area contributed by atoms with E-state index < -0.39 is 0 Å². The normalized spacial score (nSPS) is 17.8. The lowest BCUT2D eigenvalue weighted by Crippen LogP contribution is -2.43. The van der Waals surface area contributed by atoms with E-state index >= 15 is 0 Å². The number of rotatable bonds is 6. The molecule has 1 heterocycles. The molecule has 0 bridgehead atoms. The highest BCUT2D eigenvalue weighted by atomic mass is 16.5. The van der Waals surface area contributed by atoms with Gasteiger partial charge in [-0.3, -0.25) is 4.79 Å². The minimum absolute atomic E-state index is 0.109. The number of piperidine rings is 1. The molecule has 1 fully saturated rings. The zero-order chi connectivity index (χ0) is 13.5. The average molecular weight is 256 g/mol. The summed E-state index contributed by atoms with van der Waals surface area (Å²) in [5.74, 6) is 0.382. The second-order valence-corrected chi connectivity index (χ2v) is 5.66. The lowest BCUT2D eigenvalue weighted by molar-refractivity contribution is -0.137. The largest absolute Gasteiger partial charge is 0.377 e. The molecule has 106 valence electrons. The standard InChI is InChI=1S/C14H28N2O2/c1-11(2)14(17)16-8-5-13(6-9-16)18-10-7-15-12(3)4/h11-13,15H,5-10H2,1-4H3. The lowest BCUT2D eigenvalue weighted by Gasteiger charge is -2.33. The number of nitrogens with zero attached hydrogens (tertiary/aromatic N) is 1. The first-order chi connectivity index (χ1) is 8.50. The van der Waals surface area contributed by atoms with Gasteiger partial charge in [-0.1, -0.05) is 27.7 Å². The Morgan fingerprint density at radius 2 is 1.89 bits per heavy atom. The zero-order valence-electron chi connectivity index (χ0n) is 12.2. The van der Waals surface area contributed by atoms with Gasteiger partial charge in [0.05, 0.1) is 12.7 Å². The van der Waals surface area contributed by atoms with Crippen molar-refractivity contribution in [2.45, 2.75) is 52.7 Å². The van der Waals surface area contributed by atoms with Crippen molar-refractivity contribution in [3.05, 3.63) is 0 Å². The van der Waals surface area contributed by atoms with Gasteiger partial charge < -0.3 is 15.0 Å². The molecule has 0 aromatic rings. The van der Waals surface area contributed by atoms with Crippen LogP contribution >= 0.6 is 0 Å². The fourth-order valence-corrected chi connectivity index (χ4v) is 2.18. The third-order valence-corrected chi connectivity index (χ3v) is 3.26. The van der Waals surface area contributed by atoms with Gasteiger partial charge in [0.25, 0.3) is 0 Å². The van der Waals surface area contributed by atoms with Crippen molar-refractivity contribution >= 4 is 5.91 Å². The summed E-state index contributed by atoms with van der Waals surface area (Å²) in [4.78, 5) is 13.8. The number of likely N-dealkylation sites (tertiary alicyclic amines) is 1. The van der Waals surface area contributed by atoms with E-state index in [0.29, 0.717) is 12.1 Å². The summed E-state index contributed by atoms with van der Waals surface area (Å²) >= 11 is 0. The molecular formula is C14H28N2O2. The Kier molecular flexibility index (Phi) is 6.65. The first-order valence-corrected chi connectivity index (χ1v) is 7.14. The maximum atomic E-state index is 11.8. The molecule has 4 heteroatoms. The topological polar surface area (TPSA) is 41.6 Å². The summed E-state index contributed by atoms with van der Waals surface area (Å²) in [6, 6.07) is 0.513. The van der Waals surface area contributed by atoms with E-state index in [-0.39, 0.29) is 11.8 Å². The van der Waals surface area contributed by atoms with E-state index in [1.807, 2.05) is 18.7 Å². The van der Waals surface area contributed by atoms with Gasteiger partial charge in [-0.25, -0.2) is 0 Å². The predicted molar refractivity (Wildman–Crippen MR) is 73.5 cm³/mol. The number of nitrogens with one attached hydrogen (secondary N) is 1. The smallest absolute Gasteiger partial charge is 0.225 e. The summed E-state index contributed by atoms with van der Waals surface area (Å²) in [6.07, 6.45) is 2.27. The molecular weight excluding hydrogens is 228 g/mol. The van der Waals surface area contributed by atoms with Crippen molar-refractivity contribution in [1.82, 2.24) is 10.2 Å². The van der Waals surface area contributed by atoms with Crippen molar-refractivity contribution < 1.29 is 9.53 Å². The highest BCUT2D eigenvalue weighted by Crippen LogP contribution is 2.15. The van der Waals surface area contributed by atoms with Crippen molar-refractivity contribution in [2.75, 3.05) is 26.2 Å². The maximum absolute atomic E-state index is 11.8. The Bertz CT molecular complexity index is 246. The van der Waals surface area contributed by atoms with Gasteiger partial charge in [0.2, 0.25) is 5.91 Å². The van der Waals surface area contributed by atoms with Crippen LogP contribution in [0.3, 0.4) is 0 Å². The van der Waals surface area contributed by atoms with E-state index in [9.17, 15) is 4.79 Å². The molecule has 1 aliphatic heterocycles. The van der Waals surface area contributed by atoms with Gasteiger partial charge in [-0.2, -0.15) is 0 Å². The van der Waals surface area contributed by atoms with E-state index in [0.717, 1.165) is 39.1 Å². The molecule has 1 N–H and O–H groups in total. The van der Waals surface area contributed by atoms with Gasteiger partial charge in [-0.15, -0.1) is 0 Å². The van der Waals surface area contributed by atoms with E-state index in [1.165, 1.54) is 0 Å². The van der Waals surface area contributed by atoms with Crippen LogP contribution in [0, 0.1) is 5.92 Å². The molecule has 1 aliphatic rings. The van der Waals surface area contributed by atoms with E-state index in [1.54, 1.807) is 0 Å². The number of hydrogen-bond donors (Lipinski definition) is 1. The molecule has 0 aromatic carbocycles. The minimum Gasteiger partial charge on any atom is -0.377 e. The lowest BCUT2D eigenvalue weighted by atomic mass is 10.1.